The van der Waals surface area contributed by atoms with E-state index in [1.807, 2.05) is 0 Å². The summed E-state index contributed by atoms with van der Waals surface area (Å²) in [7, 11) is 0. The summed E-state index contributed by atoms with van der Waals surface area (Å²) in [5.41, 5.74) is 0.431. The maximum absolute atomic E-state index is 13.0. The lowest BCUT2D eigenvalue weighted by atomic mass is 10.2. The van der Waals surface area contributed by atoms with E-state index in [0.717, 1.165) is 0 Å². The van der Waals surface area contributed by atoms with Crippen LogP contribution in [0.1, 0.15) is 5.82 Å². The Bertz CT molecular complexity index is 660. The van der Waals surface area contributed by atoms with Crippen molar-refractivity contribution in [3.63, 3.8) is 0 Å². The van der Waals surface area contributed by atoms with E-state index in [1.165, 1.54) is 6.33 Å². The van der Waals surface area contributed by atoms with Crippen molar-refractivity contribution < 1.29 is 31.1 Å². The molecular weight excluding hydrogens is 342 g/mol. The van der Waals surface area contributed by atoms with Crippen LogP contribution < -0.4 is 0 Å². The molecule has 0 saturated heterocycles. The quantitative estimate of drug-likeness (QED) is 0.666. The molecule has 22 heavy (non-hydrogen) atoms. The van der Waals surface area contributed by atoms with Gasteiger partial charge in [0.1, 0.15) is 18.7 Å². The Morgan fingerprint density at radius 1 is 1.23 bits per heavy atom. The summed E-state index contributed by atoms with van der Waals surface area (Å²) in [5.74, 6) is -4.90. The summed E-state index contributed by atoms with van der Waals surface area (Å²) in [6.45, 7) is -2.46. The van der Waals surface area contributed by atoms with Crippen LogP contribution in [0.5, 0.6) is 0 Å². The molecule has 0 amide bonds. The van der Waals surface area contributed by atoms with Crippen molar-refractivity contribution in [2.45, 2.75) is 24.9 Å². The average molecular weight is 349 g/mol. The molecule has 0 fully saturated rings. The van der Waals surface area contributed by atoms with Gasteiger partial charge in [0, 0.05) is 0 Å². The van der Waals surface area contributed by atoms with Crippen LogP contribution in [0.3, 0.4) is 0 Å². The summed E-state index contributed by atoms with van der Waals surface area (Å²) in [4.78, 5) is 13.8. The number of nitrogens with one attached hydrogen (secondary N) is 1. The van der Waals surface area contributed by atoms with Gasteiger partial charge >= 0.3 is 12.1 Å². The Morgan fingerprint density at radius 2 is 1.91 bits per heavy atom. The van der Waals surface area contributed by atoms with Crippen molar-refractivity contribution in [3.05, 3.63) is 17.3 Å². The molecule has 1 atom stereocenters. The minimum atomic E-state index is -5.68. The van der Waals surface area contributed by atoms with Crippen LogP contribution in [0.15, 0.2) is 6.33 Å². The number of fused-ring (bicyclic) bond motifs is 1. The molecule has 0 aliphatic carbocycles. The Morgan fingerprint density at radius 3 is 2.55 bits per heavy atom. The Labute approximate surface area is 123 Å². The van der Waals surface area contributed by atoms with E-state index in [2.05, 4.69) is 24.7 Å². The van der Waals surface area contributed by atoms with Gasteiger partial charge in [-0.3, -0.25) is 0 Å². The number of imidazole rings is 1. The summed E-state index contributed by atoms with van der Waals surface area (Å²) < 4.78 is 78.7. The van der Waals surface area contributed by atoms with Gasteiger partial charge in [0.25, 0.3) is 6.17 Å². The molecule has 1 N–H and O–H groups in total. The number of nitrogens with zero attached hydrogens (tertiary/aromatic N) is 3. The molecule has 0 radical (unpaired) electrons. The van der Waals surface area contributed by atoms with E-state index in [0.29, 0.717) is 5.52 Å². The van der Waals surface area contributed by atoms with Gasteiger partial charge in [-0.2, -0.15) is 13.2 Å². The van der Waals surface area contributed by atoms with Crippen molar-refractivity contribution in [3.8, 4) is 0 Å². The van der Waals surface area contributed by atoms with Gasteiger partial charge < -0.3 is 9.72 Å². The van der Waals surface area contributed by atoms with Crippen LogP contribution >= 0.6 is 11.6 Å². The van der Waals surface area contributed by atoms with Gasteiger partial charge in [0.05, 0.1) is 6.33 Å². The van der Waals surface area contributed by atoms with E-state index in [9.17, 15) is 26.3 Å². The standard InChI is InChI=1S/C10H7ClF6N4O/c11-6-5-7(19-3-18-5)21-4(20-6)1-22-2-9(13,14)8(12)10(15,16)17/h3,8H,1-2H2,(H,18,19,20,21). The van der Waals surface area contributed by atoms with E-state index in [-0.39, 0.29) is 16.6 Å². The van der Waals surface area contributed by atoms with Crippen LogP contribution in [0.4, 0.5) is 26.3 Å². The van der Waals surface area contributed by atoms with Crippen molar-refractivity contribution in [1.82, 2.24) is 19.9 Å². The number of hydrogen-bond donors (Lipinski definition) is 1. The van der Waals surface area contributed by atoms with E-state index in [1.54, 1.807) is 0 Å². The highest BCUT2D eigenvalue weighted by Gasteiger charge is 2.56. The van der Waals surface area contributed by atoms with Crippen LogP contribution in [-0.2, 0) is 11.3 Å². The van der Waals surface area contributed by atoms with Crippen molar-refractivity contribution in [2.75, 3.05) is 6.61 Å². The Balaban J connectivity index is 2.00. The summed E-state index contributed by atoms with van der Waals surface area (Å²) >= 11 is 5.75. The highest BCUT2D eigenvalue weighted by Crippen LogP contribution is 2.35. The van der Waals surface area contributed by atoms with E-state index < -0.39 is 31.5 Å². The number of ether oxygens (including phenoxy) is 1. The number of aromatic nitrogens is 4. The highest BCUT2D eigenvalue weighted by atomic mass is 35.5. The van der Waals surface area contributed by atoms with Gasteiger partial charge in [0.15, 0.2) is 16.6 Å². The molecule has 12 heteroatoms. The van der Waals surface area contributed by atoms with Gasteiger partial charge in [-0.25, -0.2) is 28.1 Å². The number of hydrogen-bond acceptors (Lipinski definition) is 4. The largest absolute Gasteiger partial charge is 0.425 e. The molecule has 122 valence electrons. The average Bonchev–Trinajstić information content (AvgIpc) is 2.85. The molecule has 0 bridgehead atoms. The lowest BCUT2D eigenvalue weighted by Gasteiger charge is -2.22. The minimum absolute atomic E-state index is 0.0634. The van der Waals surface area contributed by atoms with E-state index in [4.69, 9.17) is 11.6 Å². The molecule has 5 nitrogen and oxygen atoms in total. The zero-order valence-corrected chi connectivity index (χ0v) is 11.2. The first-order valence-electron chi connectivity index (χ1n) is 5.63. The number of H-pyrrole nitrogens is 1. The SMILES string of the molecule is FC(C(F)(F)F)C(F)(F)COCc1nc(Cl)c2[nH]cnc2n1. The number of rotatable bonds is 5. The summed E-state index contributed by atoms with van der Waals surface area (Å²) in [6.07, 6.45) is -8.74. The highest BCUT2D eigenvalue weighted by molar-refractivity contribution is 6.33. The van der Waals surface area contributed by atoms with Crippen molar-refractivity contribution in [1.29, 1.82) is 0 Å². The lowest BCUT2D eigenvalue weighted by molar-refractivity contribution is -0.256. The second-order valence-corrected chi connectivity index (χ2v) is 4.55. The number of halogens is 7. The maximum Gasteiger partial charge on any atom is 0.425 e. The van der Waals surface area contributed by atoms with Crippen LogP contribution in [0, 0.1) is 0 Å². The third kappa shape index (κ3) is 3.58. The molecule has 1 unspecified atom stereocenters. The monoisotopic (exact) mass is 348 g/mol. The Kier molecular flexibility index (Phi) is 4.47. The molecule has 2 aromatic rings. The molecule has 2 aromatic heterocycles. The molecule has 2 rings (SSSR count). The first kappa shape index (κ1) is 16.7. The first-order valence-corrected chi connectivity index (χ1v) is 6.01. The Hall–Kier alpha value is -1.62. The predicted molar refractivity (Wildman–Crippen MR) is 62.2 cm³/mol. The van der Waals surface area contributed by atoms with Crippen LogP contribution in [-0.4, -0.2) is 44.8 Å². The zero-order chi connectivity index (χ0) is 16.5. The van der Waals surface area contributed by atoms with Crippen molar-refractivity contribution >= 4 is 22.8 Å². The topological polar surface area (TPSA) is 63.7 Å². The fraction of sp³-hybridized carbons (Fsp3) is 0.500. The maximum atomic E-state index is 13.0. The molecule has 0 aliphatic rings. The summed E-state index contributed by atoms with van der Waals surface area (Å²) in [5, 5.41) is -0.0634. The molecule has 0 aromatic carbocycles. The zero-order valence-electron chi connectivity index (χ0n) is 10.5. The van der Waals surface area contributed by atoms with Crippen molar-refractivity contribution in [2.24, 2.45) is 0 Å². The van der Waals surface area contributed by atoms with Gasteiger partial charge in [0.2, 0.25) is 0 Å². The lowest BCUT2D eigenvalue weighted by Crippen LogP contribution is -2.44. The normalized spacial score (nSPS) is 14.5. The fourth-order valence-electron chi connectivity index (χ4n) is 1.50. The summed E-state index contributed by atoms with van der Waals surface area (Å²) in [6, 6.07) is 0. The molecule has 0 saturated carbocycles. The van der Waals surface area contributed by atoms with Crippen LogP contribution in [0.2, 0.25) is 5.15 Å². The molecular formula is C10H7ClF6N4O. The second kappa shape index (κ2) is 5.88. The number of aromatic amines is 1. The smallest absolute Gasteiger partial charge is 0.367 e. The molecule has 2 heterocycles. The van der Waals surface area contributed by atoms with E-state index >= 15 is 0 Å². The minimum Gasteiger partial charge on any atom is -0.367 e. The van der Waals surface area contributed by atoms with Gasteiger partial charge in [-0.1, -0.05) is 11.6 Å². The molecule has 0 spiro atoms. The molecule has 0 aliphatic heterocycles. The predicted octanol–water partition coefficient (Wildman–Crippen LogP) is 3.06. The van der Waals surface area contributed by atoms with Crippen LogP contribution in [0.25, 0.3) is 11.2 Å². The fourth-order valence-corrected chi connectivity index (χ4v) is 1.73. The third-order valence-electron chi connectivity index (χ3n) is 2.47. The van der Waals surface area contributed by atoms with Gasteiger partial charge in [-0.15, -0.1) is 0 Å². The number of alkyl halides is 6. The second-order valence-electron chi connectivity index (χ2n) is 4.19. The van der Waals surface area contributed by atoms with Gasteiger partial charge in [-0.05, 0) is 0 Å². The third-order valence-corrected chi connectivity index (χ3v) is 2.75. The first-order chi connectivity index (χ1) is 10.1.